The third-order valence-electron chi connectivity index (χ3n) is 5.84. The fraction of sp³-hybridized carbons (Fsp3) is 0.480. The van der Waals surface area contributed by atoms with Crippen LogP contribution in [0.4, 0.5) is 0 Å². The zero-order valence-corrected chi connectivity index (χ0v) is 21.7. The van der Waals surface area contributed by atoms with Gasteiger partial charge in [0.2, 0.25) is 17.7 Å². The molecule has 0 aliphatic heterocycles. The minimum absolute atomic E-state index is 0.0300. The van der Waals surface area contributed by atoms with Gasteiger partial charge in [0.25, 0.3) is 0 Å². The first-order valence-electron chi connectivity index (χ1n) is 12.4. The van der Waals surface area contributed by atoms with Crippen molar-refractivity contribution in [2.45, 2.75) is 57.7 Å². The number of guanidine groups is 1. The second-order valence-corrected chi connectivity index (χ2v) is 9.43. The number of aliphatic carboxylic acids is 1. The number of amides is 3. The highest BCUT2D eigenvalue weighted by atomic mass is 16.4. The molecule has 1 aromatic carbocycles. The van der Waals surface area contributed by atoms with E-state index in [4.69, 9.17) is 17.2 Å². The molecule has 0 spiro atoms. The Balaban J connectivity index is 2.20. The largest absolute Gasteiger partial charge is 0.480 e. The van der Waals surface area contributed by atoms with E-state index in [0.717, 1.165) is 16.5 Å². The summed E-state index contributed by atoms with van der Waals surface area (Å²) in [7, 11) is 0. The predicted octanol–water partition coefficient (Wildman–Crippen LogP) is -0.692. The molecular weight excluding hydrogens is 492 g/mol. The van der Waals surface area contributed by atoms with Crippen molar-refractivity contribution in [1.82, 2.24) is 20.9 Å². The first-order chi connectivity index (χ1) is 18.0. The van der Waals surface area contributed by atoms with Crippen LogP contribution in [0.15, 0.2) is 35.5 Å². The molecular formula is C25H38N8O5. The lowest BCUT2D eigenvalue weighted by Gasteiger charge is -2.25. The zero-order valence-electron chi connectivity index (χ0n) is 21.7. The highest BCUT2D eigenvalue weighted by molar-refractivity contribution is 5.94. The van der Waals surface area contributed by atoms with E-state index in [0.29, 0.717) is 12.8 Å². The molecule has 0 saturated heterocycles. The summed E-state index contributed by atoms with van der Waals surface area (Å²) in [4.78, 5) is 57.2. The molecule has 0 radical (unpaired) electrons. The number of hydrogen-bond donors (Lipinski definition) is 8. The van der Waals surface area contributed by atoms with Crippen LogP contribution < -0.4 is 33.2 Å². The van der Waals surface area contributed by atoms with Gasteiger partial charge in [-0.3, -0.25) is 19.4 Å². The van der Waals surface area contributed by atoms with E-state index in [1.165, 1.54) is 0 Å². The normalized spacial score (nSPS) is 13.4. The smallest absolute Gasteiger partial charge is 0.326 e. The maximum Gasteiger partial charge on any atom is 0.326 e. The Morgan fingerprint density at radius 2 is 1.66 bits per heavy atom. The van der Waals surface area contributed by atoms with E-state index in [9.17, 15) is 24.3 Å². The van der Waals surface area contributed by atoms with Crippen molar-refractivity contribution in [3.63, 3.8) is 0 Å². The lowest BCUT2D eigenvalue weighted by Crippen LogP contribution is -2.56. The molecule has 13 nitrogen and oxygen atoms in total. The van der Waals surface area contributed by atoms with Crippen molar-refractivity contribution in [3.8, 4) is 0 Å². The summed E-state index contributed by atoms with van der Waals surface area (Å²) in [5, 5.41) is 18.5. The fourth-order valence-corrected chi connectivity index (χ4v) is 3.99. The number of carboxylic acid groups (broad SMARTS) is 1. The maximum atomic E-state index is 13.2. The van der Waals surface area contributed by atoms with Gasteiger partial charge in [-0.1, -0.05) is 32.0 Å². The van der Waals surface area contributed by atoms with Crippen LogP contribution in [-0.4, -0.2) is 71.0 Å². The molecule has 1 aromatic heterocycles. The number of hydrogen-bond acceptors (Lipinski definition) is 6. The van der Waals surface area contributed by atoms with E-state index >= 15 is 0 Å². The van der Waals surface area contributed by atoms with Gasteiger partial charge in [0.05, 0.1) is 6.54 Å². The fourth-order valence-electron chi connectivity index (χ4n) is 3.99. The van der Waals surface area contributed by atoms with Gasteiger partial charge >= 0.3 is 5.97 Å². The first-order valence-corrected chi connectivity index (χ1v) is 12.4. The molecule has 2 rings (SSSR count). The molecule has 208 valence electrons. The van der Waals surface area contributed by atoms with E-state index in [1.807, 2.05) is 38.1 Å². The second kappa shape index (κ2) is 14.6. The van der Waals surface area contributed by atoms with Crippen molar-refractivity contribution >= 4 is 40.6 Å². The topological polar surface area (TPSA) is 231 Å². The summed E-state index contributed by atoms with van der Waals surface area (Å²) in [6.07, 6.45) is 2.52. The average Bonchev–Trinajstić information content (AvgIpc) is 3.27. The molecule has 3 unspecified atom stereocenters. The third-order valence-corrected chi connectivity index (χ3v) is 5.84. The number of nitrogens with two attached hydrogens (primary N) is 3. The van der Waals surface area contributed by atoms with Gasteiger partial charge in [-0.25, -0.2) is 4.79 Å². The number of fused-ring (bicyclic) bond motifs is 1. The number of H-pyrrole nitrogens is 1. The summed E-state index contributed by atoms with van der Waals surface area (Å²) in [5.41, 5.74) is 17.7. The van der Waals surface area contributed by atoms with Crippen LogP contribution in [0, 0.1) is 5.92 Å². The van der Waals surface area contributed by atoms with E-state index in [2.05, 4.69) is 25.9 Å². The zero-order chi connectivity index (χ0) is 28.2. The van der Waals surface area contributed by atoms with Gasteiger partial charge < -0.3 is 43.2 Å². The van der Waals surface area contributed by atoms with Gasteiger partial charge in [-0.05, 0) is 36.8 Å². The van der Waals surface area contributed by atoms with Crippen LogP contribution in [0.2, 0.25) is 0 Å². The summed E-state index contributed by atoms with van der Waals surface area (Å²) in [6, 6.07) is 4.17. The Hall–Kier alpha value is -4.13. The van der Waals surface area contributed by atoms with E-state index in [1.54, 1.807) is 6.20 Å². The van der Waals surface area contributed by atoms with Crippen molar-refractivity contribution in [2.75, 3.05) is 13.1 Å². The molecule has 1 heterocycles. The molecule has 0 aliphatic rings. The summed E-state index contributed by atoms with van der Waals surface area (Å²) < 4.78 is 0. The molecule has 3 atom stereocenters. The summed E-state index contributed by atoms with van der Waals surface area (Å²) in [5.74, 6) is -3.03. The van der Waals surface area contributed by atoms with Gasteiger partial charge in [0.15, 0.2) is 5.96 Å². The highest BCUT2D eigenvalue weighted by Gasteiger charge is 2.30. The molecule has 38 heavy (non-hydrogen) atoms. The van der Waals surface area contributed by atoms with Crippen molar-refractivity contribution < 1.29 is 24.3 Å². The van der Waals surface area contributed by atoms with Crippen LogP contribution >= 0.6 is 0 Å². The SMILES string of the molecule is CC(C)CC(NC(=O)CN)C(=O)NC(CCCN=C(N)N)C(=O)NC(Cc1c[nH]c2ccccc12)C(=O)O. The maximum absolute atomic E-state index is 13.2. The number of carboxylic acids is 1. The van der Waals surface area contributed by atoms with Crippen LogP contribution in [0.3, 0.4) is 0 Å². The molecule has 0 aliphatic carbocycles. The minimum Gasteiger partial charge on any atom is -0.480 e. The standard InChI is InChI=1S/C25H38N8O5/c1-14(2)10-19(31-21(34)12-26)23(36)32-18(8-5-9-29-25(27)28)22(35)33-20(24(37)38)11-15-13-30-17-7-4-3-6-16(15)17/h3-4,6-7,13-14,18-20,30H,5,8-12,26H2,1-2H3,(H,31,34)(H,32,36)(H,33,35)(H,37,38)(H4,27,28,29). The highest BCUT2D eigenvalue weighted by Crippen LogP contribution is 2.19. The van der Waals surface area contributed by atoms with Crippen molar-refractivity contribution in [2.24, 2.45) is 28.1 Å². The van der Waals surface area contributed by atoms with Gasteiger partial charge in [-0.2, -0.15) is 0 Å². The average molecular weight is 531 g/mol. The molecule has 3 amide bonds. The minimum atomic E-state index is -1.25. The quantitative estimate of drug-likeness (QED) is 0.0832. The third kappa shape index (κ3) is 9.39. The van der Waals surface area contributed by atoms with Crippen LogP contribution in [-0.2, 0) is 25.6 Å². The molecule has 0 bridgehead atoms. The predicted molar refractivity (Wildman–Crippen MR) is 144 cm³/mol. The number of aromatic nitrogens is 1. The number of nitrogens with one attached hydrogen (secondary N) is 4. The monoisotopic (exact) mass is 530 g/mol. The molecule has 13 heteroatoms. The van der Waals surface area contributed by atoms with E-state index in [-0.39, 0.29) is 37.8 Å². The Morgan fingerprint density at radius 3 is 2.29 bits per heavy atom. The number of aromatic amines is 1. The van der Waals surface area contributed by atoms with Gasteiger partial charge in [0, 0.05) is 30.1 Å². The van der Waals surface area contributed by atoms with Crippen molar-refractivity contribution in [1.29, 1.82) is 0 Å². The van der Waals surface area contributed by atoms with Crippen LogP contribution in [0.1, 0.15) is 38.7 Å². The number of benzene rings is 1. The van der Waals surface area contributed by atoms with Crippen molar-refractivity contribution in [3.05, 3.63) is 36.0 Å². The Labute approximate surface area is 221 Å². The number of carbonyl (C=O) groups excluding carboxylic acids is 3. The number of aliphatic imine (C=N–C) groups is 1. The number of rotatable bonds is 15. The Bertz CT molecular complexity index is 1140. The number of para-hydroxylation sites is 1. The molecule has 0 saturated carbocycles. The molecule has 11 N–H and O–H groups in total. The lowest BCUT2D eigenvalue weighted by atomic mass is 10.0. The molecule has 0 fully saturated rings. The van der Waals surface area contributed by atoms with Gasteiger partial charge in [-0.15, -0.1) is 0 Å². The van der Waals surface area contributed by atoms with Crippen LogP contribution in [0.5, 0.6) is 0 Å². The van der Waals surface area contributed by atoms with E-state index < -0.39 is 41.8 Å². The second-order valence-electron chi connectivity index (χ2n) is 9.43. The summed E-state index contributed by atoms with van der Waals surface area (Å²) in [6.45, 7) is 3.68. The first kappa shape index (κ1) is 30.1. The van der Waals surface area contributed by atoms with Gasteiger partial charge in [0.1, 0.15) is 18.1 Å². The summed E-state index contributed by atoms with van der Waals surface area (Å²) >= 11 is 0. The Kier molecular flexibility index (Phi) is 11.5. The molecule has 2 aromatic rings. The Morgan fingerprint density at radius 1 is 1.00 bits per heavy atom. The number of nitrogens with zero attached hydrogens (tertiary/aromatic N) is 1. The lowest BCUT2D eigenvalue weighted by molar-refractivity contribution is -0.142. The number of carbonyl (C=O) groups is 4. The van der Waals surface area contributed by atoms with Crippen LogP contribution in [0.25, 0.3) is 10.9 Å².